The Labute approximate surface area is 165 Å². The molecule has 1 amide bonds. The number of nitrogens with zero attached hydrogens (tertiary/aromatic N) is 2. The second kappa shape index (κ2) is 8.52. The summed E-state index contributed by atoms with van der Waals surface area (Å²) in [6, 6.07) is 11.7. The highest BCUT2D eigenvalue weighted by atomic mass is 32.1. The first-order valence-electron chi connectivity index (χ1n) is 8.75. The van der Waals surface area contributed by atoms with Gasteiger partial charge >= 0.3 is 6.61 Å². The monoisotopic (exact) mass is 406 g/mol. The molecule has 0 N–H and O–H groups in total. The summed E-state index contributed by atoms with van der Waals surface area (Å²) in [5, 5.41) is 0.819. The van der Waals surface area contributed by atoms with Crippen LogP contribution in [0.4, 0.5) is 8.78 Å². The summed E-state index contributed by atoms with van der Waals surface area (Å²) < 4.78 is 36.0. The number of carbonyl (C=O) groups is 1. The summed E-state index contributed by atoms with van der Waals surface area (Å²) in [4.78, 5) is 19.1. The Kier molecular flexibility index (Phi) is 6.08. The van der Waals surface area contributed by atoms with Crippen LogP contribution in [-0.4, -0.2) is 36.1 Å². The van der Waals surface area contributed by atoms with E-state index in [0.717, 1.165) is 15.2 Å². The molecule has 0 unspecified atom stereocenters. The molecule has 1 aromatic heterocycles. The summed E-state index contributed by atoms with van der Waals surface area (Å²) in [6.45, 7) is 0.910. The lowest BCUT2D eigenvalue weighted by molar-refractivity contribution is -0.0514. The molecule has 5 nitrogen and oxygen atoms in total. The van der Waals surface area contributed by atoms with Crippen LogP contribution < -0.4 is 9.47 Å². The number of ether oxygens (including phenoxy) is 2. The normalized spacial score (nSPS) is 12.2. The van der Waals surface area contributed by atoms with Crippen molar-refractivity contribution in [2.24, 2.45) is 0 Å². The molecule has 8 heteroatoms. The molecule has 0 fully saturated rings. The number of fused-ring (bicyclic) bond motifs is 1. The van der Waals surface area contributed by atoms with E-state index >= 15 is 0 Å². The van der Waals surface area contributed by atoms with Crippen LogP contribution in [0.25, 0.3) is 10.2 Å². The molecule has 3 aromatic rings. The maximum atomic E-state index is 12.9. The number of carbonyl (C=O) groups excluding carboxylic acids is 1. The van der Waals surface area contributed by atoms with Gasteiger partial charge in [-0.2, -0.15) is 8.78 Å². The second-order valence-electron chi connectivity index (χ2n) is 6.08. The molecule has 0 spiro atoms. The molecule has 28 heavy (non-hydrogen) atoms. The van der Waals surface area contributed by atoms with E-state index in [0.29, 0.717) is 5.56 Å². The van der Waals surface area contributed by atoms with E-state index in [1.165, 1.54) is 29.5 Å². The highest BCUT2D eigenvalue weighted by Crippen LogP contribution is 2.32. The number of thiazole rings is 1. The lowest BCUT2D eigenvalue weighted by Gasteiger charge is -2.23. The van der Waals surface area contributed by atoms with Gasteiger partial charge in [0, 0.05) is 12.6 Å². The lowest BCUT2D eigenvalue weighted by atomic mass is 10.1. The lowest BCUT2D eigenvalue weighted by Crippen LogP contribution is -2.29. The summed E-state index contributed by atoms with van der Waals surface area (Å²) in [6.07, 6.45) is 0. The first kappa shape index (κ1) is 20.0. The van der Waals surface area contributed by atoms with Crippen LogP contribution in [0.15, 0.2) is 42.5 Å². The van der Waals surface area contributed by atoms with E-state index in [2.05, 4.69) is 9.72 Å². The van der Waals surface area contributed by atoms with Crippen LogP contribution in [0.5, 0.6) is 11.5 Å². The molecule has 0 radical (unpaired) electrons. The van der Waals surface area contributed by atoms with E-state index in [4.69, 9.17) is 4.74 Å². The molecule has 0 aliphatic carbocycles. The Hall–Kier alpha value is -2.74. The summed E-state index contributed by atoms with van der Waals surface area (Å²) >= 11 is 1.53. The number of para-hydroxylation sites is 1. The zero-order valence-corrected chi connectivity index (χ0v) is 16.5. The van der Waals surface area contributed by atoms with Crippen LogP contribution in [0.1, 0.15) is 35.3 Å². The first-order chi connectivity index (χ1) is 13.4. The molecule has 1 heterocycles. The number of alkyl halides is 2. The van der Waals surface area contributed by atoms with Gasteiger partial charge in [-0.15, -0.1) is 11.3 Å². The fraction of sp³-hybridized carbons (Fsp3) is 0.300. The van der Waals surface area contributed by atoms with Crippen LogP contribution in [0, 0.1) is 0 Å². The van der Waals surface area contributed by atoms with Crippen molar-refractivity contribution >= 4 is 27.5 Å². The second-order valence-corrected chi connectivity index (χ2v) is 7.15. The van der Waals surface area contributed by atoms with Gasteiger partial charge in [0.25, 0.3) is 5.91 Å². The van der Waals surface area contributed by atoms with Crippen molar-refractivity contribution < 1.29 is 23.0 Å². The molecule has 0 bridgehead atoms. The molecule has 0 aliphatic heterocycles. The average molecular weight is 406 g/mol. The van der Waals surface area contributed by atoms with Crippen molar-refractivity contribution in [3.8, 4) is 11.5 Å². The topological polar surface area (TPSA) is 51.7 Å². The van der Waals surface area contributed by atoms with Gasteiger partial charge in [0.05, 0.1) is 22.9 Å². The van der Waals surface area contributed by atoms with Crippen LogP contribution in [0.2, 0.25) is 0 Å². The fourth-order valence-electron chi connectivity index (χ4n) is 2.72. The maximum Gasteiger partial charge on any atom is 0.387 e. The maximum absolute atomic E-state index is 12.9. The quantitative estimate of drug-likeness (QED) is 0.546. The van der Waals surface area contributed by atoms with Crippen LogP contribution in [0.3, 0.4) is 0 Å². The largest absolute Gasteiger partial charge is 0.490 e. The molecule has 0 saturated heterocycles. The summed E-state index contributed by atoms with van der Waals surface area (Å²) in [5.74, 6) is -0.263. The number of aromatic nitrogens is 1. The molecule has 3 rings (SSSR count). The van der Waals surface area contributed by atoms with Gasteiger partial charge in [0.2, 0.25) is 0 Å². The van der Waals surface area contributed by atoms with Crippen molar-refractivity contribution in [2.75, 3.05) is 13.7 Å². The van der Waals surface area contributed by atoms with Crippen molar-refractivity contribution in [1.29, 1.82) is 0 Å². The minimum Gasteiger partial charge on any atom is -0.490 e. The fourth-order valence-corrected chi connectivity index (χ4v) is 3.78. The third kappa shape index (κ3) is 4.22. The summed E-state index contributed by atoms with van der Waals surface area (Å²) in [7, 11) is 1.68. The van der Waals surface area contributed by atoms with Gasteiger partial charge in [-0.3, -0.25) is 4.79 Å². The third-order valence-electron chi connectivity index (χ3n) is 4.28. The van der Waals surface area contributed by atoms with Crippen LogP contribution in [-0.2, 0) is 0 Å². The molecule has 0 saturated carbocycles. The van der Waals surface area contributed by atoms with E-state index in [1.54, 1.807) is 18.9 Å². The van der Waals surface area contributed by atoms with Crippen molar-refractivity contribution in [3.63, 3.8) is 0 Å². The van der Waals surface area contributed by atoms with Crippen molar-refractivity contribution in [3.05, 3.63) is 53.0 Å². The molecule has 2 aromatic carbocycles. The number of hydrogen-bond acceptors (Lipinski definition) is 5. The zero-order chi connectivity index (χ0) is 20.3. The minimum absolute atomic E-state index is 0.102. The number of halogens is 2. The number of hydrogen-bond donors (Lipinski definition) is 0. The predicted molar refractivity (Wildman–Crippen MR) is 104 cm³/mol. The van der Waals surface area contributed by atoms with E-state index < -0.39 is 6.61 Å². The van der Waals surface area contributed by atoms with E-state index in [1.807, 2.05) is 31.2 Å². The van der Waals surface area contributed by atoms with Gasteiger partial charge in [-0.05, 0) is 44.2 Å². The molecule has 1 atom stereocenters. The first-order valence-corrected chi connectivity index (χ1v) is 9.56. The van der Waals surface area contributed by atoms with Gasteiger partial charge in [-0.25, -0.2) is 4.98 Å². The van der Waals surface area contributed by atoms with Crippen LogP contribution >= 0.6 is 11.3 Å². The van der Waals surface area contributed by atoms with Gasteiger partial charge in [-0.1, -0.05) is 12.1 Å². The molecule has 0 aliphatic rings. The zero-order valence-electron chi connectivity index (χ0n) is 15.7. The SMILES string of the molecule is CCOc1cc(C(=O)N(C)[C@@H](C)c2nc3ccccc3s2)ccc1OC(F)F. The van der Waals surface area contributed by atoms with Crippen molar-refractivity contribution in [1.82, 2.24) is 9.88 Å². The average Bonchev–Trinajstić information content (AvgIpc) is 3.11. The van der Waals surface area contributed by atoms with Gasteiger partial charge in [0.15, 0.2) is 11.5 Å². The molecular weight excluding hydrogens is 386 g/mol. The highest BCUT2D eigenvalue weighted by Gasteiger charge is 2.23. The molecule has 148 valence electrons. The van der Waals surface area contributed by atoms with Gasteiger partial charge < -0.3 is 14.4 Å². The highest BCUT2D eigenvalue weighted by molar-refractivity contribution is 7.18. The Morgan fingerprint density at radius 1 is 1.21 bits per heavy atom. The Bertz CT molecular complexity index is 944. The van der Waals surface area contributed by atoms with Gasteiger partial charge in [0.1, 0.15) is 5.01 Å². The number of benzene rings is 2. The van der Waals surface area contributed by atoms with E-state index in [-0.39, 0.29) is 30.1 Å². The Balaban J connectivity index is 1.84. The van der Waals surface area contributed by atoms with Crippen molar-refractivity contribution in [2.45, 2.75) is 26.5 Å². The number of amides is 1. The minimum atomic E-state index is -2.97. The Morgan fingerprint density at radius 2 is 1.96 bits per heavy atom. The smallest absolute Gasteiger partial charge is 0.387 e. The Morgan fingerprint density at radius 3 is 2.64 bits per heavy atom. The summed E-state index contributed by atoms with van der Waals surface area (Å²) in [5.41, 5.74) is 1.21. The standard InChI is InChI=1S/C20H20F2N2O3S/c1-4-26-16-11-13(9-10-15(16)27-20(21)22)19(25)24(3)12(2)18-23-14-7-5-6-8-17(14)28-18/h5-12,20H,4H2,1-3H3/t12-/m0/s1. The third-order valence-corrected chi connectivity index (χ3v) is 5.48. The number of rotatable bonds is 7. The molecular formula is C20H20F2N2O3S. The van der Waals surface area contributed by atoms with E-state index in [9.17, 15) is 13.6 Å². The predicted octanol–water partition coefficient (Wildman–Crippen LogP) is 5.13.